The van der Waals surface area contributed by atoms with E-state index in [0.29, 0.717) is 0 Å². The second kappa shape index (κ2) is 9.25. The molecule has 0 aromatic heterocycles. The van der Waals surface area contributed by atoms with E-state index in [2.05, 4.69) is 0 Å². The van der Waals surface area contributed by atoms with Gasteiger partial charge in [-0.15, -0.1) is 0 Å². The predicted octanol–water partition coefficient (Wildman–Crippen LogP) is -5.11. The molecule has 0 aliphatic rings. The van der Waals surface area contributed by atoms with Crippen molar-refractivity contribution in [2.75, 3.05) is 0 Å². The van der Waals surface area contributed by atoms with Crippen LogP contribution >= 0.6 is 0 Å². The van der Waals surface area contributed by atoms with E-state index in [1.165, 1.54) is 0 Å². The molecule has 0 heterocycles. The van der Waals surface area contributed by atoms with Crippen LogP contribution in [-0.4, -0.2) is 7.54 Å². The Balaban J connectivity index is -0.0000000450. The molecule has 0 fully saturated rings. The molecule has 0 saturated heterocycles. The third kappa shape index (κ3) is 111. The van der Waals surface area contributed by atoms with Crippen LogP contribution in [0.15, 0.2) is 0 Å². The molecule has 0 aromatic carbocycles. The van der Waals surface area contributed by atoms with Crippen molar-refractivity contribution >= 4 is 7.54 Å². The maximum atomic E-state index is 9.67. The van der Waals surface area contributed by atoms with Crippen molar-refractivity contribution < 1.29 is 47.2 Å². The van der Waals surface area contributed by atoms with Crippen molar-refractivity contribution in [3.8, 4) is 0 Å². The van der Waals surface area contributed by atoms with E-state index < -0.39 is 7.54 Å². The molecule has 6 heavy (non-hydrogen) atoms. The average Bonchev–Trinajstić information content (AvgIpc) is 0.811. The number of rotatable bonds is 0. The summed E-state index contributed by atoms with van der Waals surface area (Å²) >= 11 is 0. The minimum atomic E-state index is -3.67. The van der Waals surface area contributed by atoms with Crippen molar-refractivity contribution in [2.45, 2.75) is 0 Å². The van der Waals surface area contributed by atoms with Gasteiger partial charge in [0, 0.05) is 0 Å². The Morgan fingerprint density at radius 2 is 1.00 bits per heavy atom. The first-order chi connectivity index (χ1) is 1.73. The summed E-state index contributed by atoms with van der Waals surface area (Å²) < 4.78 is 29.0. The molecule has 0 radical (unpaired) electrons. The van der Waals surface area contributed by atoms with Crippen LogP contribution in [0.3, 0.4) is 0 Å². The molecular weight excluding hydrogens is 110 g/mol. The predicted molar refractivity (Wildman–Crippen MR) is 9.08 cm³/mol. The minimum absolute atomic E-state index is 0. The fourth-order valence-corrected chi connectivity index (χ4v) is 0. The maximum absolute atomic E-state index is 9.67. The molecule has 0 unspecified atom stereocenters. The van der Waals surface area contributed by atoms with Crippen LogP contribution in [0, 0.1) is 0 Å². The van der Waals surface area contributed by atoms with Gasteiger partial charge in [0.2, 0.25) is 0 Å². The van der Waals surface area contributed by atoms with E-state index in [4.69, 9.17) is 0 Å². The van der Waals surface area contributed by atoms with Crippen molar-refractivity contribution in [3.05, 3.63) is 0 Å². The molecule has 0 aliphatic heterocycles. The summed E-state index contributed by atoms with van der Waals surface area (Å²) in [7, 11) is -3.67. The van der Waals surface area contributed by atoms with Gasteiger partial charge < -0.3 is 4.70 Å². The number of halogens is 4. The Kier molecular flexibility index (Phi) is 24.4. The fourth-order valence-electron chi connectivity index (χ4n) is 0. The van der Waals surface area contributed by atoms with Crippen LogP contribution in [0.4, 0.5) is 12.9 Å². The van der Waals surface area contributed by atoms with Crippen LogP contribution in [0.1, 0.15) is 0 Å². The molecule has 0 N–H and O–H groups in total. The van der Waals surface area contributed by atoms with E-state index >= 15 is 0 Å². The molecule has 0 aliphatic carbocycles. The summed E-state index contributed by atoms with van der Waals surface area (Å²) in [6.07, 6.45) is 0. The fraction of sp³-hybridized carbons (Fsp3) is 0. The van der Waals surface area contributed by atoms with Crippen molar-refractivity contribution in [2.24, 2.45) is 0 Å². The smallest absolute Gasteiger partial charge is 1.00 e. The van der Waals surface area contributed by atoms with Gasteiger partial charge in [-0.1, -0.05) is 0 Å². The molecule has 32 valence electrons. The van der Waals surface area contributed by atoms with E-state index in [1.807, 2.05) is 0 Å². The van der Waals surface area contributed by atoms with Gasteiger partial charge in [0.1, 0.15) is 0 Å². The topological polar surface area (TPSA) is 0 Å². The molecule has 0 saturated carbocycles. The van der Waals surface area contributed by atoms with E-state index in [9.17, 15) is 12.9 Å². The molecule has 0 amide bonds. The van der Waals surface area contributed by atoms with Crippen LogP contribution in [0.5, 0.6) is 0 Å². The molecule has 0 atom stereocenters. The summed E-state index contributed by atoms with van der Waals surface area (Å²) in [5.41, 5.74) is 0. The molecule has 0 spiro atoms. The van der Waals surface area contributed by atoms with Crippen molar-refractivity contribution in [3.63, 3.8) is 0 Å². The van der Waals surface area contributed by atoms with Gasteiger partial charge in [-0.2, -0.15) is 0 Å². The molecule has 6 heteroatoms. The van der Waals surface area contributed by atoms with E-state index in [-0.39, 0.29) is 34.3 Å². The molecule has 0 bridgehead atoms. The van der Waals surface area contributed by atoms with Crippen LogP contribution in [0.25, 0.3) is 0 Å². The first-order valence-corrected chi connectivity index (χ1v) is 0.655. The molecule has 0 nitrogen and oxygen atoms in total. The zero-order valence-electron chi connectivity index (χ0n) is 3.09. The average molecular weight is 110 g/mol. The molecule has 0 aromatic rings. The first kappa shape index (κ1) is 15.8. The van der Waals surface area contributed by atoms with Crippen LogP contribution < -0.4 is 34.3 Å². The van der Waals surface area contributed by atoms with Gasteiger partial charge in [0.25, 0.3) is 0 Å². The standard InChI is InChI=1S/BF3.FH.Na/c2-1(3)4;;/h;1H;/q;;+1/p-1. The normalized spacial score (nSPS) is 4.50. The third-order valence-electron chi connectivity index (χ3n) is 0. The van der Waals surface area contributed by atoms with Gasteiger partial charge in [-0.25, -0.2) is 0 Å². The Hall–Kier alpha value is 0.785. The van der Waals surface area contributed by atoms with E-state index in [1.54, 1.807) is 0 Å². The Morgan fingerprint density at radius 3 is 1.00 bits per heavy atom. The van der Waals surface area contributed by atoms with Gasteiger partial charge in [0.15, 0.2) is 0 Å². The second-order valence-corrected chi connectivity index (χ2v) is 0.247. The van der Waals surface area contributed by atoms with E-state index in [0.717, 1.165) is 0 Å². The first-order valence-electron chi connectivity index (χ1n) is 0.655. The summed E-state index contributed by atoms with van der Waals surface area (Å²) in [4.78, 5) is 0. The summed E-state index contributed by atoms with van der Waals surface area (Å²) in [6.45, 7) is 0. The monoisotopic (exact) mass is 110 g/mol. The van der Waals surface area contributed by atoms with Gasteiger partial charge in [0.05, 0.1) is 0 Å². The van der Waals surface area contributed by atoms with Crippen molar-refractivity contribution in [1.82, 2.24) is 0 Å². The second-order valence-electron chi connectivity index (χ2n) is 0.247. The minimum Gasteiger partial charge on any atom is -1.00 e. The third-order valence-corrected chi connectivity index (χ3v) is 0. The number of hydrogen-bond acceptors (Lipinski definition) is 0. The zero-order chi connectivity index (χ0) is 3.58. The van der Waals surface area contributed by atoms with Gasteiger partial charge in [-0.05, 0) is 0 Å². The number of hydrogen-bond donors (Lipinski definition) is 0. The Bertz CT molecular complexity index is 12.3. The van der Waals surface area contributed by atoms with Gasteiger partial charge in [-0.3, -0.25) is 12.9 Å². The maximum Gasteiger partial charge on any atom is 1.00 e. The summed E-state index contributed by atoms with van der Waals surface area (Å²) in [5.74, 6) is 0. The Labute approximate surface area is 55.0 Å². The zero-order valence-corrected chi connectivity index (χ0v) is 5.09. The molecular formula is BF4Na. The van der Waals surface area contributed by atoms with Crippen LogP contribution in [0.2, 0.25) is 0 Å². The van der Waals surface area contributed by atoms with Crippen molar-refractivity contribution in [1.29, 1.82) is 0 Å². The van der Waals surface area contributed by atoms with Gasteiger partial charge >= 0.3 is 37.1 Å². The Morgan fingerprint density at radius 1 is 1.00 bits per heavy atom. The largest absolute Gasteiger partial charge is 1.00 e. The SMILES string of the molecule is FB(F)F.[F-].[Na+]. The summed E-state index contributed by atoms with van der Waals surface area (Å²) in [5, 5.41) is 0. The summed E-state index contributed by atoms with van der Waals surface area (Å²) in [6, 6.07) is 0. The molecule has 0 rings (SSSR count). The quantitative estimate of drug-likeness (QED) is 0.216. The van der Waals surface area contributed by atoms with Crippen LogP contribution in [-0.2, 0) is 0 Å².